The lowest BCUT2D eigenvalue weighted by molar-refractivity contribution is -0.168. The Morgan fingerprint density at radius 2 is 2.06 bits per heavy atom. The van der Waals surface area contributed by atoms with E-state index in [-0.39, 0.29) is 12.4 Å². The Balaban J connectivity index is 2.23. The Bertz CT molecular complexity index is 580. The van der Waals surface area contributed by atoms with Crippen molar-refractivity contribution in [3.8, 4) is 0 Å². The fourth-order valence-electron chi connectivity index (χ4n) is 2.72. The second-order valence-corrected chi connectivity index (χ2v) is 4.46. The number of rotatable bonds is 0. The minimum Gasteiger partial charge on any atom is -0.434 e. The van der Waals surface area contributed by atoms with Gasteiger partial charge in [0.1, 0.15) is 0 Å². The molecule has 1 saturated heterocycles. The molecule has 0 aliphatic carbocycles. The summed E-state index contributed by atoms with van der Waals surface area (Å²) < 4.78 is 5.33. The maximum Gasteiger partial charge on any atom is 0.308 e. The zero-order chi connectivity index (χ0) is 12.9. The van der Waals surface area contributed by atoms with Crippen LogP contribution in [0.4, 0.5) is 0 Å². The first-order valence-electron chi connectivity index (χ1n) is 5.73. The van der Waals surface area contributed by atoms with E-state index in [9.17, 15) is 14.4 Å². The summed E-state index contributed by atoms with van der Waals surface area (Å²) in [4.78, 5) is 36.4. The number of fused-ring (bicyclic) bond motifs is 2. The quantitative estimate of drug-likeness (QED) is 0.644. The molecule has 1 unspecified atom stereocenters. The number of nitrogens with zero attached hydrogens (tertiary/aromatic N) is 1. The fraction of sp³-hybridized carbons (Fsp3) is 0.308. The van der Waals surface area contributed by atoms with E-state index in [1.54, 1.807) is 24.3 Å². The number of hydrogen-bond donors (Lipinski definition) is 0. The largest absolute Gasteiger partial charge is 0.434 e. The van der Waals surface area contributed by atoms with Gasteiger partial charge in [-0.15, -0.1) is 0 Å². The van der Waals surface area contributed by atoms with Crippen molar-refractivity contribution in [2.24, 2.45) is 0 Å². The van der Waals surface area contributed by atoms with Crippen LogP contribution in [0.3, 0.4) is 0 Å². The van der Waals surface area contributed by atoms with Crippen LogP contribution in [0.2, 0.25) is 0 Å². The minimum absolute atomic E-state index is 0.214. The molecule has 3 rings (SSSR count). The molecule has 92 valence electrons. The number of amides is 2. The molecule has 1 atom stereocenters. The lowest BCUT2D eigenvalue weighted by Crippen LogP contribution is -2.46. The van der Waals surface area contributed by atoms with E-state index in [0.29, 0.717) is 17.5 Å². The number of esters is 1. The van der Waals surface area contributed by atoms with Crippen LogP contribution in [0.5, 0.6) is 0 Å². The Morgan fingerprint density at radius 1 is 1.33 bits per heavy atom. The second-order valence-electron chi connectivity index (χ2n) is 4.46. The molecule has 1 fully saturated rings. The predicted molar refractivity (Wildman–Crippen MR) is 60.3 cm³/mol. The molecule has 0 N–H and O–H groups in total. The summed E-state index contributed by atoms with van der Waals surface area (Å²) in [6, 6.07) is 6.87. The lowest BCUT2D eigenvalue weighted by atomic mass is 9.98. The number of carbonyl (C=O) groups excluding carboxylic acids is 3. The number of hydrogen-bond acceptors (Lipinski definition) is 4. The monoisotopic (exact) mass is 245 g/mol. The highest BCUT2D eigenvalue weighted by atomic mass is 16.6. The van der Waals surface area contributed by atoms with Crippen LogP contribution in [-0.4, -0.2) is 22.7 Å². The molecule has 5 heteroatoms. The maximum atomic E-state index is 12.2. The van der Waals surface area contributed by atoms with Gasteiger partial charge in [-0.1, -0.05) is 18.2 Å². The van der Waals surface area contributed by atoms with Gasteiger partial charge in [-0.2, -0.15) is 0 Å². The third kappa shape index (κ3) is 1.19. The number of ether oxygens (including phenoxy) is 1. The van der Waals surface area contributed by atoms with Crippen molar-refractivity contribution in [1.82, 2.24) is 4.90 Å². The van der Waals surface area contributed by atoms with E-state index in [1.807, 2.05) is 0 Å². The van der Waals surface area contributed by atoms with Crippen LogP contribution in [0, 0.1) is 0 Å². The topological polar surface area (TPSA) is 63.7 Å². The zero-order valence-corrected chi connectivity index (χ0v) is 9.80. The summed E-state index contributed by atoms with van der Waals surface area (Å²) >= 11 is 0. The molecule has 2 aliphatic rings. The number of imide groups is 1. The van der Waals surface area contributed by atoms with Gasteiger partial charge >= 0.3 is 5.97 Å². The highest BCUT2D eigenvalue weighted by Crippen LogP contribution is 2.46. The Labute approximate surface area is 103 Å². The van der Waals surface area contributed by atoms with Gasteiger partial charge in [-0.25, -0.2) is 4.90 Å². The lowest BCUT2D eigenvalue weighted by Gasteiger charge is -2.31. The van der Waals surface area contributed by atoms with Gasteiger partial charge in [0, 0.05) is 24.5 Å². The molecule has 2 aliphatic heterocycles. The van der Waals surface area contributed by atoms with Crippen LogP contribution in [0.1, 0.15) is 35.7 Å². The van der Waals surface area contributed by atoms with Gasteiger partial charge < -0.3 is 4.74 Å². The van der Waals surface area contributed by atoms with Crippen LogP contribution in [0.15, 0.2) is 24.3 Å². The van der Waals surface area contributed by atoms with Crippen molar-refractivity contribution in [1.29, 1.82) is 0 Å². The average Bonchev–Trinajstić information content (AvgIpc) is 2.82. The fourth-order valence-corrected chi connectivity index (χ4v) is 2.72. The van der Waals surface area contributed by atoms with Crippen molar-refractivity contribution in [3.05, 3.63) is 35.4 Å². The van der Waals surface area contributed by atoms with E-state index in [0.717, 1.165) is 4.90 Å². The van der Waals surface area contributed by atoms with Gasteiger partial charge in [0.05, 0.1) is 6.42 Å². The van der Waals surface area contributed by atoms with Crippen molar-refractivity contribution < 1.29 is 19.1 Å². The van der Waals surface area contributed by atoms with Crippen molar-refractivity contribution in [3.63, 3.8) is 0 Å². The van der Waals surface area contributed by atoms with E-state index >= 15 is 0 Å². The molecule has 2 heterocycles. The van der Waals surface area contributed by atoms with Crippen LogP contribution >= 0.6 is 0 Å². The Kier molecular flexibility index (Phi) is 2.08. The van der Waals surface area contributed by atoms with Crippen LogP contribution in [0.25, 0.3) is 0 Å². The summed E-state index contributed by atoms with van der Waals surface area (Å²) in [7, 11) is 0. The molecule has 0 saturated carbocycles. The summed E-state index contributed by atoms with van der Waals surface area (Å²) in [5.41, 5.74) is -0.171. The standard InChI is InChI=1S/C13H11NO4/c1-8(15)14-12(17)9-4-2-3-5-10(9)13(14)7-6-11(16)18-13/h2-5H,6-7H2,1H3. The van der Waals surface area contributed by atoms with Gasteiger partial charge in [0.2, 0.25) is 11.6 Å². The normalized spacial score (nSPS) is 25.5. The van der Waals surface area contributed by atoms with Crippen molar-refractivity contribution in [2.75, 3.05) is 0 Å². The maximum absolute atomic E-state index is 12.2. The smallest absolute Gasteiger partial charge is 0.308 e. The van der Waals surface area contributed by atoms with E-state index < -0.39 is 17.5 Å². The minimum atomic E-state index is -1.21. The van der Waals surface area contributed by atoms with Crippen molar-refractivity contribution in [2.45, 2.75) is 25.5 Å². The molecule has 5 nitrogen and oxygen atoms in total. The Hall–Kier alpha value is -2.17. The van der Waals surface area contributed by atoms with Gasteiger partial charge in [-0.05, 0) is 6.07 Å². The second kappa shape index (κ2) is 3.41. The highest BCUT2D eigenvalue weighted by molar-refractivity contribution is 6.09. The van der Waals surface area contributed by atoms with Crippen LogP contribution < -0.4 is 0 Å². The van der Waals surface area contributed by atoms with Crippen LogP contribution in [-0.2, 0) is 20.1 Å². The first-order chi connectivity index (χ1) is 8.56. The van der Waals surface area contributed by atoms with Crippen molar-refractivity contribution >= 4 is 17.8 Å². The summed E-state index contributed by atoms with van der Waals surface area (Å²) in [6.45, 7) is 1.30. The molecule has 0 radical (unpaired) electrons. The third-order valence-corrected chi connectivity index (χ3v) is 3.41. The van der Waals surface area contributed by atoms with Gasteiger partial charge in [0.25, 0.3) is 5.91 Å². The summed E-state index contributed by atoms with van der Waals surface area (Å²) in [5.74, 6) is -1.19. The number of benzene rings is 1. The molecular weight excluding hydrogens is 234 g/mol. The third-order valence-electron chi connectivity index (χ3n) is 3.41. The molecular formula is C13H11NO4. The van der Waals surface area contributed by atoms with Gasteiger partial charge in [-0.3, -0.25) is 14.4 Å². The van der Waals surface area contributed by atoms with E-state index in [4.69, 9.17) is 4.74 Å². The first-order valence-corrected chi connectivity index (χ1v) is 5.73. The predicted octanol–water partition coefficient (Wildman–Crippen LogP) is 1.18. The molecule has 2 amide bonds. The number of carbonyl (C=O) groups is 3. The molecule has 1 spiro atoms. The first kappa shape index (κ1) is 11.0. The van der Waals surface area contributed by atoms with E-state index in [1.165, 1.54) is 6.92 Å². The molecule has 18 heavy (non-hydrogen) atoms. The summed E-state index contributed by atoms with van der Waals surface area (Å²) in [6.07, 6.45) is 0.541. The molecule has 0 aromatic heterocycles. The molecule has 1 aromatic rings. The molecule has 0 bridgehead atoms. The zero-order valence-electron chi connectivity index (χ0n) is 9.80. The summed E-state index contributed by atoms with van der Waals surface area (Å²) in [5, 5.41) is 0. The average molecular weight is 245 g/mol. The SMILES string of the molecule is CC(=O)N1C(=O)c2ccccc2C12CCC(=O)O2. The highest BCUT2D eigenvalue weighted by Gasteiger charge is 2.57. The molecule has 1 aromatic carbocycles. The van der Waals surface area contributed by atoms with Gasteiger partial charge in [0.15, 0.2) is 0 Å². The Morgan fingerprint density at radius 3 is 2.67 bits per heavy atom. The van der Waals surface area contributed by atoms with E-state index in [2.05, 4.69) is 0 Å².